The molecule has 202 valence electrons. The highest BCUT2D eigenvalue weighted by Gasteiger charge is 2.23. The fourth-order valence-corrected chi connectivity index (χ4v) is 4.37. The lowest BCUT2D eigenvalue weighted by Crippen LogP contribution is -2.31. The van der Waals surface area contributed by atoms with Crippen molar-refractivity contribution < 1.29 is 14.1 Å². The van der Waals surface area contributed by atoms with E-state index in [0.717, 1.165) is 22.6 Å². The number of benzene rings is 2. The molecule has 2 aromatic carbocycles. The van der Waals surface area contributed by atoms with Gasteiger partial charge in [-0.25, -0.2) is 4.98 Å². The van der Waals surface area contributed by atoms with Gasteiger partial charge >= 0.3 is 0 Å². The monoisotopic (exact) mass is 526 g/mol. The number of nitrogens with zero attached hydrogens (tertiary/aromatic N) is 5. The van der Waals surface area contributed by atoms with Crippen molar-refractivity contribution in [3.8, 4) is 23.1 Å². The minimum absolute atomic E-state index is 0.0587. The molecule has 2 aromatic heterocycles. The summed E-state index contributed by atoms with van der Waals surface area (Å²) in [6.45, 7) is 11.9. The quantitative estimate of drug-likeness (QED) is 0.324. The van der Waals surface area contributed by atoms with Gasteiger partial charge in [0.15, 0.2) is 5.82 Å². The zero-order valence-electron chi connectivity index (χ0n) is 23.4. The van der Waals surface area contributed by atoms with Gasteiger partial charge in [-0.3, -0.25) is 4.79 Å². The Morgan fingerprint density at radius 1 is 1.15 bits per heavy atom. The van der Waals surface area contributed by atoms with E-state index in [0.29, 0.717) is 35.0 Å². The molecule has 4 rings (SSSR count). The lowest BCUT2D eigenvalue weighted by atomic mass is 9.96. The fourth-order valence-electron chi connectivity index (χ4n) is 4.37. The second-order valence-electron chi connectivity index (χ2n) is 10.9. The average Bonchev–Trinajstić information content (AvgIpc) is 3.49. The van der Waals surface area contributed by atoms with Gasteiger partial charge in [0.25, 0.3) is 5.91 Å². The maximum Gasteiger partial charge on any atom is 0.251 e. The van der Waals surface area contributed by atoms with Crippen LogP contribution in [-0.4, -0.2) is 31.7 Å². The first kappa shape index (κ1) is 27.6. The maximum atomic E-state index is 13.2. The van der Waals surface area contributed by atoms with E-state index in [1.807, 2.05) is 51.4 Å². The molecule has 0 radical (unpaired) electrons. The summed E-state index contributed by atoms with van der Waals surface area (Å²) in [7, 11) is 2.01. The molecule has 9 heteroatoms. The van der Waals surface area contributed by atoms with Crippen LogP contribution in [0.25, 0.3) is 11.3 Å². The predicted molar refractivity (Wildman–Crippen MR) is 147 cm³/mol. The molecule has 0 unspecified atom stereocenters. The van der Waals surface area contributed by atoms with Crippen LogP contribution < -0.4 is 10.1 Å². The number of hydrogen-bond donors (Lipinski definition) is 1. The van der Waals surface area contributed by atoms with Gasteiger partial charge in [0.1, 0.15) is 17.6 Å². The molecule has 1 amide bonds. The number of ether oxygens (including phenoxy) is 1. The summed E-state index contributed by atoms with van der Waals surface area (Å²) in [4.78, 5) is 22.4. The highest BCUT2D eigenvalue weighted by atomic mass is 16.5. The van der Waals surface area contributed by atoms with E-state index in [1.54, 1.807) is 19.1 Å². The third-order valence-corrected chi connectivity index (χ3v) is 6.12. The SMILES string of the molecule is Cc1nc([C@H](Cc2ccc(-c3cn(C)c(C(C)(C)C)n3)cc2)NC(=O)c2ccc(OC(C)C)c(C#N)c2)no1. The number of rotatable bonds is 8. The van der Waals surface area contributed by atoms with Gasteiger partial charge in [-0.2, -0.15) is 10.2 Å². The van der Waals surface area contributed by atoms with E-state index in [1.165, 1.54) is 6.07 Å². The Morgan fingerprint density at radius 3 is 2.44 bits per heavy atom. The molecule has 0 spiro atoms. The summed E-state index contributed by atoms with van der Waals surface area (Å²) < 4.78 is 12.9. The highest BCUT2D eigenvalue weighted by molar-refractivity contribution is 5.95. The van der Waals surface area contributed by atoms with Gasteiger partial charge in [0.05, 0.1) is 23.4 Å². The number of amides is 1. The molecule has 1 N–H and O–H groups in total. The van der Waals surface area contributed by atoms with E-state index in [4.69, 9.17) is 14.2 Å². The largest absolute Gasteiger partial charge is 0.490 e. The number of carbonyl (C=O) groups excluding carboxylic acids is 1. The van der Waals surface area contributed by atoms with Crippen molar-refractivity contribution in [2.45, 2.75) is 65.5 Å². The lowest BCUT2D eigenvalue weighted by Gasteiger charge is -2.17. The molecule has 0 saturated heterocycles. The van der Waals surface area contributed by atoms with E-state index in [-0.39, 0.29) is 17.4 Å². The van der Waals surface area contributed by atoms with Crippen LogP contribution in [0.4, 0.5) is 0 Å². The second-order valence-corrected chi connectivity index (χ2v) is 10.9. The van der Waals surface area contributed by atoms with Crippen molar-refractivity contribution in [2.75, 3.05) is 0 Å². The predicted octanol–water partition coefficient (Wildman–Crippen LogP) is 5.45. The van der Waals surface area contributed by atoms with Crippen molar-refractivity contribution in [3.63, 3.8) is 0 Å². The standard InChI is InChI=1S/C30H34N6O3/c1-18(2)38-26-13-12-22(15-23(26)16-31)28(37)33-24(27-32-19(3)39-35-27)14-20-8-10-21(11-9-20)25-17-36(7)29(34-25)30(4,5)6/h8-13,15,17-18,24H,14H2,1-7H3,(H,33,37)/t24-/m0/s1. The summed E-state index contributed by atoms with van der Waals surface area (Å²) in [6.07, 6.45) is 2.39. The number of carbonyl (C=O) groups is 1. The maximum absolute atomic E-state index is 13.2. The molecule has 1 atom stereocenters. The van der Waals surface area contributed by atoms with Crippen LogP contribution >= 0.6 is 0 Å². The van der Waals surface area contributed by atoms with Gasteiger partial charge in [-0.15, -0.1) is 0 Å². The zero-order valence-corrected chi connectivity index (χ0v) is 23.4. The molecule has 0 aliphatic heterocycles. The van der Waals surface area contributed by atoms with Crippen LogP contribution in [0.3, 0.4) is 0 Å². The van der Waals surface area contributed by atoms with Crippen molar-refractivity contribution in [1.82, 2.24) is 25.0 Å². The van der Waals surface area contributed by atoms with Gasteiger partial charge in [0.2, 0.25) is 5.89 Å². The summed E-state index contributed by atoms with van der Waals surface area (Å²) in [5.41, 5.74) is 3.48. The smallest absolute Gasteiger partial charge is 0.251 e. The molecule has 9 nitrogen and oxygen atoms in total. The fraction of sp³-hybridized carbons (Fsp3) is 0.367. The van der Waals surface area contributed by atoms with E-state index >= 15 is 0 Å². The van der Waals surface area contributed by atoms with Crippen molar-refractivity contribution in [2.24, 2.45) is 7.05 Å². The molecule has 0 bridgehead atoms. The first-order chi connectivity index (χ1) is 18.4. The summed E-state index contributed by atoms with van der Waals surface area (Å²) in [6, 6.07) is 14.4. The summed E-state index contributed by atoms with van der Waals surface area (Å²) in [5, 5.41) is 16.6. The Labute approximate surface area is 228 Å². The highest BCUT2D eigenvalue weighted by Crippen LogP contribution is 2.27. The van der Waals surface area contributed by atoms with Crippen molar-refractivity contribution in [1.29, 1.82) is 5.26 Å². The number of nitrogens with one attached hydrogen (secondary N) is 1. The molecule has 2 heterocycles. The zero-order chi connectivity index (χ0) is 28.3. The normalized spacial score (nSPS) is 12.3. The number of nitriles is 1. The van der Waals surface area contributed by atoms with Crippen LogP contribution in [-0.2, 0) is 18.9 Å². The van der Waals surface area contributed by atoms with Crippen LogP contribution in [0.15, 0.2) is 53.2 Å². The van der Waals surface area contributed by atoms with E-state index in [9.17, 15) is 10.1 Å². The van der Waals surface area contributed by atoms with Crippen LogP contribution in [0.1, 0.15) is 79.7 Å². The number of imidazole rings is 1. The van der Waals surface area contributed by atoms with Crippen molar-refractivity contribution in [3.05, 3.63) is 82.9 Å². The molecular weight excluding hydrogens is 492 g/mol. The van der Waals surface area contributed by atoms with Gasteiger partial charge in [-0.05, 0) is 37.6 Å². The Balaban J connectivity index is 1.55. The topological polar surface area (TPSA) is 119 Å². The first-order valence-electron chi connectivity index (χ1n) is 12.9. The Morgan fingerprint density at radius 2 is 1.87 bits per heavy atom. The molecule has 0 fully saturated rings. The van der Waals surface area contributed by atoms with E-state index < -0.39 is 6.04 Å². The molecule has 0 saturated carbocycles. The molecular formula is C30H34N6O3. The van der Waals surface area contributed by atoms with Gasteiger partial charge < -0.3 is 19.1 Å². The van der Waals surface area contributed by atoms with E-state index in [2.05, 4.69) is 46.9 Å². The third kappa shape index (κ3) is 6.52. The number of hydrogen-bond acceptors (Lipinski definition) is 7. The number of aryl methyl sites for hydroxylation is 2. The van der Waals surface area contributed by atoms with Crippen molar-refractivity contribution >= 4 is 5.91 Å². The van der Waals surface area contributed by atoms with Crippen LogP contribution in [0.2, 0.25) is 0 Å². The Kier molecular flexibility index (Phi) is 7.86. The Hall–Kier alpha value is -4.45. The van der Waals surface area contributed by atoms with Gasteiger partial charge in [-0.1, -0.05) is 50.2 Å². The number of aromatic nitrogens is 4. The lowest BCUT2D eigenvalue weighted by molar-refractivity contribution is 0.0934. The molecule has 4 aromatic rings. The third-order valence-electron chi connectivity index (χ3n) is 6.12. The Bertz CT molecular complexity index is 1500. The molecule has 0 aliphatic carbocycles. The van der Waals surface area contributed by atoms with Gasteiger partial charge in [0, 0.05) is 43.1 Å². The van der Waals surface area contributed by atoms with Crippen LogP contribution in [0, 0.1) is 18.3 Å². The van der Waals surface area contributed by atoms with Crippen LogP contribution in [0.5, 0.6) is 5.75 Å². The summed E-state index contributed by atoms with van der Waals surface area (Å²) in [5.74, 6) is 1.89. The minimum atomic E-state index is -0.541. The molecule has 0 aliphatic rings. The first-order valence-corrected chi connectivity index (χ1v) is 12.9. The average molecular weight is 527 g/mol. The minimum Gasteiger partial charge on any atom is -0.490 e. The second kappa shape index (κ2) is 11.1. The summed E-state index contributed by atoms with van der Waals surface area (Å²) >= 11 is 0. The molecule has 39 heavy (non-hydrogen) atoms.